The topological polar surface area (TPSA) is 59.8 Å². The number of carbonyl (C=O) groups is 1. The van der Waals surface area contributed by atoms with Gasteiger partial charge in [-0.05, 0) is 0 Å². The van der Waals surface area contributed by atoms with Crippen LogP contribution in [0.25, 0.3) is 0 Å². The van der Waals surface area contributed by atoms with Crippen molar-refractivity contribution in [1.82, 2.24) is 14.6 Å². The fourth-order valence-corrected chi connectivity index (χ4v) is 1.41. The van der Waals surface area contributed by atoms with Crippen molar-refractivity contribution in [2.75, 3.05) is 5.32 Å². The first-order chi connectivity index (χ1) is 7.68. The van der Waals surface area contributed by atoms with Crippen LogP contribution in [0.4, 0.5) is 5.95 Å². The summed E-state index contributed by atoms with van der Waals surface area (Å²) in [5.41, 5.74) is 1.58. The van der Waals surface area contributed by atoms with Crippen LogP contribution in [0.2, 0.25) is 0 Å². The molecule has 1 N–H and O–H groups in total. The van der Waals surface area contributed by atoms with Crippen LogP contribution in [0.5, 0.6) is 0 Å². The van der Waals surface area contributed by atoms with E-state index in [-0.39, 0.29) is 5.91 Å². The molecule has 0 atom stereocenters. The monoisotopic (exact) mass is 214 g/mol. The number of anilines is 1. The summed E-state index contributed by atoms with van der Waals surface area (Å²) in [5.74, 6) is 0.266. The normalized spacial score (nSPS) is 9.88. The molecule has 16 heavy (non-hydrogen) atoms. The zero-order chi connectivity index (χ0) is 11.5. The van der Waals surface area contributed by atoms with Gasteiger partial charge in [-0.15, -0.1) is 0 Å². The molecule has 6 heteroatoms. The van der Waals surface area contributed by atoms with Crippen LogP contribution >= 0.6 is 0 Å². The predicted molar refractivity (Wildman–Crippen MR) is 61.5 cm³/mol. The molecule has 1 aromatic carbocycles. The molecule has 0 fully saturated rings. The number of aromatic nitrogens is 3. The van der Waals surface area contributed by atoms with Crippen molar-refractivity contribution in [2.45, 2.75) is 6.92 Å². The molecule has 0 aliphatic carbocycles. The van der Waals surface area contributed by atoms with E-state index < -0.39 is 0 Å². The number of hydrogen-bond acceptors (Lipinski definition) is 3. The molecule has 0 radical (unpaired) electrons. The minimum absolute atomic E-state index is 0.172. The molecule has 1 heterocycles. The second-order valence-corrected chi connectivity index (χ2v) is 3.48. The molecular weight excluding hydrogens is 203 g/mol. The summed E-state index contributed by atoms with van der Waals surface area (Å²) < 4.78 is 1.51. The van der Waals surface area contributed by atoms with E-state index in [2.05, 4.69) is 15.2 Å². The van der Waals surface area contributed by atoms with Crippen molar-refractivity contribution in [2.24, 2.45) is 7.05 Å². The van der Waals surface area contributed by atoms with Crippen molar-refractivity contribution >= 4 is 19.1 Å². The molecular formula is C10H11BN4O. The zero-order valence-electron chi connectivity index (χ0n) is 9.14. The maximum absolute atomic E-state index is 11.9. The first-order valence-electron chi connectivity index (χ1n) is 4.89. The fraction of sp³-hybridized carbons (Fsp3) is 0.200. The number of benzene rings is 1. The zero-order valence-corrected chi connectivity index (χ0v) is 9.14. The van der Waals surface area contributed by atoms with Crippen molar-refractivity contribution in [3.63, 3.8) is 0 Å². The van der Waals surface area contributed by atoms with Crippen LogP contribution in [0.3, 0.4) is 0 Å². The quantitative estimate of drug-likeness (QED) is 0.800. The molecule has 0 bridgehead atoms. The summed E-state index contributed by atoms with van der Waals surface area (Å²) in [7, 11) is 3.12. The molecule has 0 saturated heterocycles. The second-order valence-electron chi connectivity index (χ2n) is 3.48. The SMILES string of the molecule is Cc1ccccc1C(=O)Nc1nbnn1C. The number of amides is 1. The molecule has 0 spiro atoms. The average molecular weight is 214 g/mol. The molecule has 2 aromatic rings. The Hall–Kier alpha value is -1.98. The van der Waals surface area contributed by atoms with E-state index in [1.807, 2.05) is 25.1 Å². The Balaban J connectivity index is 2.22. The van der Waals surface area contributed by atoms with E-state index in [0.717, 1.165) is 5.56 Å². The van der Waals surface area contributed by atoms with Gasteiger partial charge in [0.2, 0.25) is 0 Å². The molecule has 80 valence electrons. The summed E-state index contributed by atoms with van der Waals surface area (Å²) in [4.78, 5) is 15.8. The van der Waals surface area contributed by atoms with Gasteiger partial charge in [0.1, 0.15) is 0 Å². The van der Waals surface area contributed by atoms with E-state index in [0.29, 0.717) is 11.5 Å². The van der Waals surface area contributed by atoms with Crippen molar-refractivity contribution in [3.8, 4) is 0 Å². The Morgan fingerprint density at radius 3 is 2.81 bits per heavy atom. The second kappa shape index (κ2) is 4.26. The molecule has 1 aromatic heterocycles. The van der Waals surface area contributed by atoms with Gasteiger partial charge in [-0.1, -0.05) is 0 Å². The predicted octanol–water partition coefficient (Wildman–Crippen LogP) is 0.714. The number of carbonyl (C=O) groups excluding carboxylic acids is 1. The molecule has 5 nitrogen and oxygen atoms in total. The van der Waals surface area contributed by atoms with Crippen molar-refractivity contribution in [3.05, 3.63) is 35.4 Å². The van der Waals surface area contributed by atoms with Crippen molar-refractivity contribution < 1.29 is 4.79 Å². The summed E-state index contributed by atoms with van der Waals surface area (Å²) in [6, 6.07) is 7.40. The van der Waals surface area contributed by atoms with Gasteiger partial charge in [0.25, 0.3) is 0 Å². The first kappa shape index (κ1) is 10.5. The van der Waals surface area contributed by atoms with Gasteiger partial charge < -0.3 is 0 Å². The Labute approximate surface area is 93.8 Å². The molecule has 0 saturated carbocycles. The summed E-state index contributed by atoms with van der Waals surface area (Å²) in [6.45, 7) is 1.89. The van der Waals surface area contributed by atoms with Gasteiger partial charge in [-0.3, -0.25) is 0 Å². The third-order valence-electron chi connectivity index (χ3n) is 2.33. The van der Waals surface area contributed by atoms with Crippen molar-refractivity contribution in [1.29, 1.82) is 0 Å². The number of aryl methyl sites for hydroxylation is 2. The van der Waals surface area contributed by atoms with E-state index in [1.54, 1.807) is 13.1 Å². The standard InChI is InChI=1S/C10H11BN4O/c1-7-5-3-4-6-8(7)9(16)12-10-13-11-14-15(10)2/h3-6H,1-2H3,(H,12,13,16). The third kappa shape index (κ3) is 2.00. The van der Waals surface area contributed by atoms with Crippen LogP contribution in [-0.4, -0.2) is 27.7 Å². The molecule has 2 rings (SSSR count). The Morgan fingerprint density at radius 2 is 2.19 bits per heavy atom. The minimum atomic E-state index is -0.172. The van der Waals surface area contributed by atoms with Crippen LogP contribution in [0, 0.1) is 6.92 Å². The third-order valence-corrected chi connectivity index (χ3v) is 2.33. The molecule has 1 amide bonds. The van der Waals surface area contributed by atoms with Gasteiger partial charge in [-0.25, -0.2) is 0 Å². The summed E-state index contributed by atoms with van der Waals surface area (Å²) in [6.07, 6.45) is 0. The van der Waals surface area contributed by atoms with Crippen LogP contribution < -0.4 is 5.32 Å². The van der Waals surface area contributed by atoms with E-state index in [1.165, 1.54) is 11.9 Å². The Bertz CT molecular complexity index is 523. The fourth-order valence-electron chi connectivity index (χ4n) is 1.41. The number of nitrogens with zero attached hydrogens (tertiary/aromatic N) is 3. The van der Waals surface area contributed by atoms with Crippen LogP contribution in [-0.2, 0) is 7.05 Å². The number of nitrogens with one attached hydrogen (secondary N) is 1. The molecule has 0 unspecified atom stereocenters. The van der Waals surface area contributed by atoms with E-state index in [9.17, 15) is 4.79 Å². The maximum atomic E-state index is 11.9. The van der Waals surface area contributed by atoms with Gasteiger partial charge in [0.15, 0.2) is 0 Å². The van der Waals surface area contributed by atoms with Gasteiger partial charge in [-0.2, -0.15) is 0 Å². The van der Waals surface area contributed by atoms with E-state index >= 15 is 0 Å². The average Bonchev–Trinajstić information content (AvgIpc) is 2.65. The van der Waals surface area contributed by atoms with Crippen LogP contribution in [0.15, 0.2) is 24.3 Å². The molecule has 0 aliphatic heterocycles. The van der Waals surface area contributed by atoms with Gasteiger partial charge >= 0.3 is 93.1 Å². The Kier molecular flexibility index (Phi) is 2.81. The molecule has 0 aliphatic rings. The van der Waals surface area contributed by atoms with Gasteiger partial charge in [0, 0.05) is 0 Å². The first-order valence-corrected chi connectivity index (χ1v) is 4.89. The summed E-state index contributed by atoms with van der Waals surface area (Å²) in [5, 5.41) is 6.57. The number of hydrogen-bond donors (Lipinski definition) is 1. The number of rotatable bonds is 2. The van der Waals surface area contributed by atoms with Crippen LogP contribution in [0.1, 0.15) is 15.9 Å². The van der Waals surface area contributed by atoms with E-state index in [4.69, 9.17) is 0 Å². The van der Waals surface area contributed by atoms with Gasteiger partial charge in [0.05, 0.1) is 0 Å². The summed E-state index contributed by atoms with van der Waals surface area (Å²) >= 11 is 0. The Morgan fingerprint density at radius 1 is 1.44 bits per heavy atom.